The van der Waals surface area contributed by atoms with Gasteiger partial charge in [-0.15, -0.1) is 0 Å². The Morgan fingerprint density at radius 1 is 1.24 bits per heavy atom. The third-order valence-corrected chi connectivity index (χ3v) is 2.37. The van der Waals surface area contributed by atoms with Crippen molar-refractivity contribution in [3.63, 3.8) is 0 Å². The minimum absolute atomic E-state index is 0.000648. The molecular weight excluding hydrogens is 220 g/mol. The van der Waals surface area contributed by atoms with E-state index in [0.717, 1.165) is 5.56 Å². The topological polar surface area (TPSA) is 52.6 Å². The smallest absolute Gasteiger partial charge is 0.313 e. The fourth-order valence-corrected chi connectivity index (χ4v) is 1.52. The molecule has 0 saturated carbocycles. The Balaban J connectivity index is 2.86. The highest BCUT2D eigenvalue weighted by Crippen LogP contribution is 2.21. The Morgan fingerprint density at radius 2 is 1.88 bits per heavy atom. The molecule has 1 aromatic rings. The van der Waals surface area contributed by atoms with E-state index >= 15 is 0 Å². The van der Waals surface area contributed by atoms with Crippen molar-refractivity contribution >= 4 is 11.9 Å². The zero-order chi connectivity index (χ0) is 12.7. The van der Waals surface area contributed by atoms with E-state index in [0.29, 0.717) is 6.61 Å². The molecule has 17 heavy (non-hydrogen) atoms. The number of carbonyl (C=O) groups excluding carboxylic acids is 2. The first-order valence-corrected chi connectivity index (χ1v) is 5.47. The van der Waals surface area contributed by atoms with Crippen LogP contribution in [0.4, 0.5) is 0 Å². The molecule has 1 unspecified atom stereocenters. The van der Waals surface area contributed by atoms with Gasteiger partial charge >= 0.3 is 11.9 Å². The Bertz CT molecular complexity index is 372. The lowest BCUT2D eigenvalue weighted by Gasteiger charge is -2.14. The summed E-state index contributed by atoms with van der Waals surface area (Å²) < 4.78 is 9.54. The van der Waals surface area contributed by atoms with Crippen LogP contribution in [0.5, 0.6) is 0 Å². The van der Waals surface area contributed by atoms with Crippen molar-refractivity contribution in [3.8, 4) is 0 Å². The zero-order valence-electron chi connectivity index (χ0n) is 10.0. The number of hydrogen-bond donors (Lipinski definition) is 0. The number of benzene rings is 1. The number of esters is 2. The summed E-state index contributed by atoms with van der Waals surface area (Å²) in [6.07, 6.45) is -0.000648. The van der Waals surface area contributed by atoms with Crippen LogP contribution >= 0.6 is 0 Å². The van der Waals surface area contributed by atoms with Crippen molar-refractivity contribution in [1.82, 2.24) is 0 Å². The van der Waals surface area contributed by atoms with Crippen LogP contribution in [-0.4, -0.2) is 25.7 Å². The highest BCUT2D eigenvalue weighted by Gasteiger charge is 2.25. The predicted molar refractivity (Wildman–Crippen MR) is 62.4 cm³/mol. The van der Waals surface area contributed by atoms with E-state index < -0.39 is 17.9 Å². The van der Waals surface area contributed by atoms with E-state index in [4.69, 9.17) is 4.74 Å². The van der Waals surface area contributed by atoms with Crippen molar-refractivity contribution in [2.24, 2.45) is 0 Å². The highest BCUT2D eigenvalue weighted by molar-refractivity contribution is 5.84. The lowest BCUT2D eigenvalue weighted by molar-refractivity contribution is -0.150. The van der Waals surface area contributed by atoms with Gasteiger partial charge in [-0.3, -0.25) is 9.59 Å². The maximum Gasteiger partial charge on any atom is 0.313 e. The van der Waals surface area contributed by atoms with Crippen molar-refractivity contribution in [3.05, 3.63) is 35.9 Å². The SMILES string of the molecule is CCOC(=O)C(CC(=O)OC)c1ccccc1. The second-order valence-electron chi connectivity index (χ2n) is 3.50. The predicted octanol–water partition coefficient (Wildman–Crippen LogP) is 1.90. The van der Waals surface area contributed by atoms with Gasteiger partial charge in [-0.25, -0.2) is 0 Å². The Morgan fingerprint density at radius 3 is 2.41 bits per heavy atom. The fraction of sp³-hybridized carbons (Fsp3) is 0.385. The van der Waals surface area contributed by atoms with Crippen LogP contribution in [-0.2, 0) is 19.1 Å². The van der Waals surface area contributed by atoms with Crippen molar-refractivity contribution in [2.75, 3.05) is 13.7 Å². The van der Waals surface area contributed by atoms with E-state index in [-0.39, 0.29) is 6.42 Å². The number of methoxy groups -OCH3 is 1. The molecule has 0 fully saturated rings. The van der Waals surface area contributed by atoms with E-state index in [1.54, 1.807) is 19.1 Å². The summed E-state index contributed by atoms with van der Waals surface area (Å²) in [5.41, 5.74) is 0.761. The van der Waals surface area contributed by atoms with Crippen molar-refractivity contribution in [2.45, 2.75) is 19.3 Å². The number of hydrogen-bond acceptors (Lipinski definition) is 4. The lowest BCUT2D eigenvalue weighted by atomic mass is 9.96. The first kappa shape index (κ1) is 13.2. The summed E-state index contributed by atoms with van der Waals surface area (Å²) in [5, 5.41) is 0. The third-order valence-electron chi connectivity index (χ3n) is 2.37. The molecular formula is C13H16O4. The summed E-state index contributed by atoms with van der Waals surface area (Å²) in [7, 11) is 1.30. The summed E-state index contributed by atoms with van der Waals surface area (Å²) in [5.74, 6) is -1.42. The molecule has 4 nitrogen and oxygen atoms in total. The molecule has 1 aromatic carbocycles. The van der Waals surface area contributed by atoms with Gasteiger partial charge in [-0.1, -0.05) is 30.3 Å². The van der Waals surface area contributed by atoms with Gasteiger partial charge < -0.3 is 9.47 Å². The van der Waals surface area contributed by atoms with Gasteiger partial charge in [-0.05, 0) is 12.5 Å². The van der Waals surface area contributed by atoms with Crippen LogP contribution < -0.4 is 0 Å². The third kappa shape index (κ3) is 3.90. The summed E-state index contributed by atoms with van der Waals surface area (Å²) in [6.45, 7) is 2.03. The minimum atomic E-state index is -0.594. The van der Waals surface area contributed by atoms with Crippen LogP contribution in [0.1, 0.15) is 24.8 Å². The molecule has 0 N–H and O–H groups in total. The average molecular weight is 236 g/mol. The largest absolute Gasteiger partial charge is 0.469 e. The molecule has 4 heteroatoms. The van der Waals surface area contributed by atoms with E-state index in [9.17, 15) is 9.59 Å². The Kier molecular flexibility index (Phi) is 5.20. The van der Waals surface area contributed by atoms with Gasteiger partial charge in [0.2, 0.25) is 0 Å². The first-order chi connectivity index (χ1) is 8.19. The standard InChI is InChI=1S/C13H16O4/c1-3-17-13(15)11(9-12(14)16-2)10-7-5-4-6-8-10/h4-8,11H,3,9H2,1-2H3. The van der Waals surface area contributed by atoms with Gasteiger partial charge in [0.1, 0.15) is 0 Å². The second kappa shape index (κ2) is 6.68. The summed E-state index contributed by atoms with van der Waals surface area (Å²) >= 11 is 0. The molecule has 0 bridgehead atoms. The summed E-state index contributed by atoms with van der Waals surface area (Å²) in [6, 6.07) is 9.08. The van der Waals surface area contributed by atoms with Crippen LogP contribution in [0.15, 0.2) is 30.3 Å². The molecule has 0 aliphatic heterocycles. The molecule has 0 aliphatic carbocycles. The average Bonchev–Trinajstić information content (AvgIpc) is 2.36. The Labute approximate surface area is 101 Å². The monoisotopic (exact) mass is 236 g/mol. The van der Waals surface area contributed by atoms with Gasteiger partial charge in [-0.2, -0.15) is 0 Å². The Hall–Kier alpha value is -1.84. The van der Waals surface area contributed by atoms with Gasteiger partial charge in [0, 0.05) is 0 Å². The highest BCUT2D eigenvalue weighted by atomic mass is 16.5. The second-order valence-corrected chi connectivity index (χ2v) is 3.50. The summed E-state index contributed by atoms with van der Waals surface area (Å²) in [4.78, 5) is 23.0. The molecule has 1 rings (SSSR count). The van der Waals surface area contributed by atoms with Crippen LogP contribution in [0.3, 0.4) is 0 Å². The minimum Gasteiger partial charge on any atom is -0.469 e. The fourth-order valence-electron chi connectivity index (χ4n) is 1.52. The normalized spacial score (nSPS) is 11.6. The van der Waals surface area contributed by atoms with E-state index in [2.05, 4.69) is 4.74 Å². The number of carbonyl (C=O) groups is 2. The molecule has 0 amide bonds. The number of ether oxygens (including phenoxy) is 2. The molecule has 1 atom stereocenters. The lowest BCUT2D eigenvalue weighted by Crippen LogP contribution is -2.20. The van der Waals surface area contributed by atoms with Crippen LogP contribution in [0.2, 0.25) is 0 Å². The van der Waals surface area contributed by atoms with E-state index in [1.807, 2.05) is 18.2 Å². The zero-order valence-corrected chi connectivity index (χ0v) is 10.0. The quantitative estimate of drug-likeness (QED) is 0.733. The molecule has 0 spiro atoms. The van der Waals surface area contributed by atoms with Gasteiger partial charge in [0.15, 0.2) is 0 Å². The molecule has 92 valence electrons. The van der Waals surface area contributed by atoms with Crippen LogP contribution in [0, 0.1) is 0 Å². The molecule has 0 heterocycles. The van der Waals surface area contributed by atoms with E-state index in [1.165, 1.54) is 7.11 Å². The van der Waals surface area contributed by atoms with Gasteiger partial charge in [0.05, 0.1) is 26.1 Å². The van der Waals surface area contributed by atoms with Crippen LogP contribution in [0.25, 0.3) is 0 Å². The van der Waals surface area contributed by atoms with Gasteiger partial charge in [0.25, 0.3) is 0 Å². The molecule has 0 aliphatic rings. The van der Waals surface area contributed by atoms with Crippen molar-refractivity contribution < 1.29 is 19.1 Å². The molecule has 0 radical (unpaired) electrons. The first-order valence-electron chi connectivity index (χ1n) is 5.47. The molecule has 0 aromatic heterocycles. The molecule has 0 saturated heterocycles. The number of rotatable bonds is 5. The maximum absolute atomic E-state index is 11.8. The maximum atomic E-state index is 11.8. The van der Waals surface area contributed by atoms with Crippen molar-refractivity contribution in [1.29, 1.82) is 0 Å².